The van der Waals surface area contributed by atoms with Crippen LogP contribution in [0.25, 0.3) is 0 Å². The summed E-state index contributed by atoms with van der Waals surface area (Å²) in [4.78, 5) is 0. The largest absolute Gasteiger partial charge is 0.0874 e. The summed E-state index contributed by atoms with van der Waals surface area (Å²) < 4.78 is 0. The fraction of sp³-hybridized carbons (Fsp3) is 0.444. The van der Waals surface area contributed by atoms with Crippen LogP contribution >= 0.6 is 0 Å². The van der Waals surface area contributed by atoms with Crippen molar-refractivity contribution < 1.29 is 0 Å². The molecule has 1 aromatic rings. The van der Waals surface area contributed by atoms with Crippen molar-refractivity contribution >= 4 is 0 Å². The van der Waals surface area contributed by atoms with Crippen molar-refractivity contribution in [1.29, 1.82) is 0 Å². The van der Waals surface area contributed by atoms with Crippen LogP contribution in [-0.4, -0.2) is 0 Å². The third-order valence-electron chi connectivity index (χ3n) is 1.62. The van der Waals surface area contributed by atoms with Gasteiger partial charge in [0.2, 0.25) is 0 Å². The van der Waals surface area contributed by atoms with E-state index in [0.717, 1.165) is 6.42 Å². The molecule has 1 rings (SSSR count). The molecule has 0 fully saturated rings. The molecule has 0 atom stereocenters. The van der Waals surface area contributed by atoms with E-state index in [1.54, 1.807) is 0 Å². The monoisotopic (exact) mass is 248 g/mol. The number of rotatable bonds is 2. The maximum Gasteiger partial charge on any atom is -0.0374 e. The molecular weight excluding hydrogens is 216 g/mol. The summed E-state index contributed by atoms with van der Waals surface area (Å²) in [5.41, 5.74) is 1.36. The summed E-state index contributed by atoms with van der Waals surface area (Å²) in [5.74, 6) is 0. The molecule has 0 heteroatoms. The van der Waals surface area contributed by atoms with Crippen molar-refractivity contribution in [2.45, 2.75) is 54.9 Å². The van der Waals surface area contributed by atoms with Crippen LogP contribution in [0, 0.1) is 0 Å². The van der Waals surface area contributed by atoms with E-state index in [2.05, 4.69) is 32.1 Å². The molecule has 0 aliphatic rings. The Kier molecular flexibility index (Phi) is 30.2. The van der Waals surface area contributed by atoms with Crippen LogP contribution < -0.4 is 0 Å². The standard InChI is InChI=1S/C8H14.C6H6.2C2H6/c1-4-6-8(3)7-5-2;1-2-4-6-5-3-1;2*1-2/h4,6-7H,5H2,1-3H3;1-6H;2*1-2H3/b6-4-,8-7-;;;. The molecule has 0 unspecified atom stereocenters. The fourth-order valence-electron chi connectivity index (χ4n) is 1.04. The van der Waals surface area contributed by atoms with Crippen molar-refractivity contribution in [1.82, 2.24) is 0 Å². The lowest BCUT2D eigenvalue weighted by atomic mass is 10.2. The molecular formula is C18H32. The third-order valence-corrected chi connectivity index (χ3v) is 1.62. The van der Waals surface area contributed by atoms with Gasteiger partial charge in [-0.05, 0) is 20.3 Å². The maximum absolute atomic E-state index is 2.21. The van der Waals surface area contributed by atoms with Gasteiger partial charge in [-0.1, -0.05) is 94.8 Å². The minimum atomic E-state index is 1.14. The summed E-state index contributed by atoms with van der Waals surface area (Å²) >= 11 is 0. The SMILES string of the molecule is C/C=C\C(C)=C/CC.CC.CC.c1ccccc1. The Bertz CT molecular complexity index is 228. The average molecular weight is 248 g/mol. The highest BCUT2D eigenvalue weighted by atomic mass is 13.8. The normalized spacial score (nSPS) is 9.17. The van der Waals surface area contributed by atoms with Crippen LogP contribution in [0.5, 0.6) is 0 Å². The van der Waals surface area contributed by atoms with E-state index < -0.39 is 0 Å². The van der Waals surface area contributed by atoms with Crippen molar-refractivity contribution in [3.05, 3.63) is 60.2 Å². The maximum atomic E-state index is 2.21. The highest BCUT2D eigenvalue weighted by molar-refractivity contribution is 5.14. The summed E-state index contributed by atoms with van der Waals surface area (Å²) in [7, 11) is 0. The van der Waals surface area contributed by atoms with Crippen molar-refractivity contribution in [2.75, 3.05) is 0 Å². The van der Waals surface area contributed by atoms with Gasteiger partial charge in [-0.3, -0.25) is 0 Å². The van der Waals surface area contributed by atoms with Crippen LogP contribution in [-0.2, 0) is 0 Å². The molecule has 0 saturated heterocycles. The summed E-state index contributed by atoms with van der Waals surface area (Å²) in [5, 5.41) is 0. The quantitative estimate of drug-likeness (QED) is 0.513. The fourth-order valence-corrected chi connectivity index (χ4v) is 1.04. The van der Waals surface area contributed by atoms with Gasteiger partial charge in [-0.2, -0.15) is 0 Å². The van der Waals surface area contributed by atoms with Gasteiger partial charge in [0.25, 0.3) is 0 Å². The second-order valence-electron chi connectivity index (χ2n) is 3.01. The number of benzene rings is 1. The van der Waals surface area contributed by atoms with Crippen LogP contribution in [0.3, 0.4) is 0 Å². The van der Waals surface area contributed by atoms with Crippen molar-refractivity contribution in [2.24, 2.45) is 0 Å². The van der Waals surface area contributed by atoms with Gasteiger partial charge in [0.1, 0.15) is 0 Å². The Morgan fingerprint density at radius 1 is 0.833 bits per heavy atom. The van der Waals surface area contributed by atoms with Gasteiger partial charge in [-0.25, -0.2) is 0 Å². The summed E-state index contributed by atoms with van der Waals surface area (Å²) in [6.07, 6.45) is 7.52. The van der Waals surface area contributed by atoms with Crippen molar-refractivity contribution in [3.8, 4) is 0 Å². The number of hydrogen-bond acceptors (Lipinski definition) is 0. The molecule has 1 aromatic carbocycles. The smallest absolute Gasteiger partial charge is 0.0374 e. The van der Waals surface area contributed by atoms with E-state index in [9.17, 15) is 0 Å². The molecule has 0 spiro atoms. The minimum absolute atomic E-state index is 1.14. The highest BCUT2D eigenvalue weighted by Crippen LogP contribution is 1.95. The first-order valence-corrected chi connectivity index (χ1v) is 7.10. The Labute approximate surface area is 115 Å². The predicted molar refractivity (Wildman–Crippen MR) is 88.0 cm³/mol. The Morgan fingerprint density at radius 3 is 1.39 bits per heavy atom. The lowest BCUT2D eigenvalue weighted by molar-refractivity contribution is 1.20. The zero-order valence-electron chi connectivity index (χ0n) is 13.4. The lowest BCUT2D eigenvalue weighted by Gasteiger charge is -1.85. The molecule has 18 heavy (non-hydrogen) atoms. The topological polar surface area (TPSA) is 0 Å². The number of hydrogen-bond donors (Lipinski definition) is 0. The molecule has 0 saturated carbocycles. The minimum Gasteiger partial charge on any atom is -0.0874 e. The Hall–Kier alpha value is -1.30. The van der Waals surface area contributed by atoms with Gasteiger partial charge in [0.15, 0.2) is 0 Å². The van der Waals surface area contributed by atoms with Crippen LogP contribution in [0.15, 0.2) is 60.2 Å². The molecule has 104 valence electrons. The first kappa shape index (κ1) is 21.9. The van der Waals surface area contributed by atoms with E-state index in [1.807, 2.05) is 71.0 Å². The summed E-state index contributed by atoms with van der Waals surface area (Å²) in [6.45, 7) is 14.3. The molecule has 0 aliphatic heterocycles. The molecule has 0 amide bonds. The van der Waals surface area contributed by atoms with E-state index in [-0.39, 0.29) is 0 Å². The first-order valence-electron chi connectivity index (χ1n) is 7.10. The molecule has 0 aliphatic carbocycles. The second-order valence-corrected chi connectivity index (χ2v) is 3.01. The molecule has 0 N–H and O–H groups in total. The predicted octanol–water partition coefficient (Wildman–Crippen LogP) is 6.66. The van der Waals surface area contributed by atoms with E-state index >= 15 is 0 Å². The molecule has 0 bridgehead atoms. The van der Waals surface area contributed by atoms with E-state index in [1.165, 1.54) is 5.57 Å². The van der Waals surface area contributed by atoms with Crippen LogP contribution in [0.1, 0.15) is 54.9 Å². The van der Waals surface area contributed by atoms with Gasteiger partial charge in [0.05, 0.1) is 0 Å². The molecule has 0 aromatic heterocycles. The average Bonchev–Trinajstić information content (AvgIpc) is 2.46. The van der Waals surface area contributed by atoms with Gasteiger partial charge in [-0.15, -0.1) is 0 Å². The Morgan fingerprint density at radius 2 is 1.17 bits per heavy atom. The third kappa shape index (κ3) is 24.1. The lowest BCUT2D eigenvalue weighted by Crippen LogP contribution is -1.64. The zero-order chi connectivity index (χ0) is 14.6. The zero-order valence-corrected chi connectivity index (χ0v) is 13.4. The van der Waals surface area contributed by atoms with Crippen LogP contribution in [0.2, 0.25) is 0 Å². The number of allylic oxidation sites excluding steroid dienone is 4. The molecule has 0 nitrogen and oxygen atoms in total. The summed E-state index contributed by atoms with van der Waals surface area (Å²) in [6, 6.07) is 12.0. The molecule has 0 radical (unpaired) electrons. The second kappa shape index (κ2) is 24.8. The van der Waals surface area contributed by atoms with Gasteiger partial charge < -0.3 is 0 Å². The van der Waals surface area contributed by atoms with Crippen LogP contribution in [0.4, 0.5) is 0 Å². The van der Waals surface area contributed by atoms with Crippen molar-refractivity contribution in [3.63, 3.8) is 0 Å². The Balaban J connectivity index is -0.000000199. The molecule has 0 heterocycles. The van der Waals surface area contributed by atoms with E-state index in [4.69, 9.17) is 0 Å². The van der Waals surface area contributed by atoms with Gasteiger partial charge >= 0.3 is 0 Å². The van der Waals surface area contributed by atoms with Gasteiger partial charge in [0, 0.05) is 0 Å². The first-order chi connectivity index (χ1) is 8.81. The highest BCUT2D eigenvalue weighted by Gasteiger charge is 1.74. The van der Waals surface area contributed by atoms with E-state index in [0.29, 0.717) is 0 Å².